The van der Waals surface area contributed by atoms with E-state index in [0.29, 0.717) is 5.56 Å². The van der Waals surface area contributed by atoms with Gasteiger partial charge in [-0.2, -0.15) is 0 Å². The van der Waals surface area contributed by atoms with Gasteiger partial charge in [0.25, 0.3) is 0 Å². The Morgan fingerprint density at radius 2 is 1.69 bits per heavy atom. The first-order valence-electron chi connectivity index (χ1n) is 8.13. The van der Waals surface area contributed by atoms with Crippen molar-refractivity contribution in [1.29, 1.82) is 5.41 Å². The first-order chi connectivity index (χ1) is 12.7. The normalized spacial score (nSPS) is 11.6. The minimum absolute atomic E-state index is 0.0591. The zero-order chi connectivity index (χ0) is 18.1. The summed E-state index contributed by atoms with van der Waals surface area (Å²) in [6.45, 7) is 0.794. The van der Waals surface area contributed by atoms with Crippen molar-refractivity contribution in [3.05, 3.63) is 81.4 Å². The van der Waals surface area contributed by atoms with Gasteiger partial charge in [0.05, 0.1) is 0 Å². The quantitative estimate of drug-likeness (QED) is 0.111. The molecule has 6 heteroatoms. The van der Waals surface area contributed by atoms with Gasteiger partial charge in [0.15, 0.2) is 5.84 Å². The Morgan fingerprint density at radius 1 is 0.962 bits per heavy atom. The van der Waals surface area contributed by atoms with Gasteiger partial charge < -0.3 is 10.4 Å². The lowest BCUT2D eigenvalue weighted by molar-refractivity contribution is 0.864. The van der Waals surface area contributed by atoms with Crippen molar-refractivity contribution in [2.24, 2.45) is 16.2 Å². The molecule has 1 heterocycles. The predicted molar refractivity (Wildman–Crippen MR) is 114 cm³/mol. The molecule has 0 saturated carbocycles. The fourth-order valence-corrected chi connectivity index (χ4v) is 3.84. The van der Waals surface area contributed by atoms with Crippen LogP contribution in [0, 0.1) is 8.98 Å². The molecule has 3 aromatic carbocycles. The molecule has 4 rings (SSSR count). The highest BCUT2D eigenvalue weighted by Crippen LogP contribution is 2.31. The number of fused-ring (bicyclic) bond motifs is 3. The number of amidine groups is 1. The first-order valence-corrected chi connectivity index (χ1v) is 9.21. The largest absolute Gasteiger partial charge is 0.336 e. The van der Waals surface area contributed by atoms with E-state index in [4.69, 9.17) is 11.3 Å². The van der Waals surface area contributed by atoms with Gasteiger partial charge >= 0.3 is 0 Å². The number of benzene rings is 3. The van der Waals surface area contributed by atoms with E-state index < -0.39 is 0 Å². The Kier molecular flexibility index (Phi) is 4.42. The van der Waals surface area contributed by atoms with Crippen LogP contribution in [0.25, 0.3) is 21.8 Å². The summed E-state index contributed by atoms with van der Waals surface area (Å²) in [6.07, 6.45) is 0. The minimum atomic E-state index is 0.0591. The lowest BCUT2D eigenvalue weighted by Crippen LogP contribution is -2.01. The van der Waals surface area contributed by atoms with Gasteiger partial charge in [0.2, 0.25) is 0 Å². The number of hydrogen-bond donors (Lipinski definition) is 2. The molecular formula is C20H16IN5. The molecule has 0 unspecified atom stereocenters. The van der Waals surface area contributed by atoms with Crippen LogP contribution in [0.4, 0.5) is 0 Å². The second kappa shape index (κ2) is 6.87. The van der Waals surface area contributed by atoms with E-state index in [1.54, 1.807) is 0 Å². The standard InChI is InChI=1S/C20H16IN5/c21-17-7-3-1-5-14(17)12-26-18-8-4-2-6-15(18)16-11-13(9-10-19(16)26)20(22)24-25-23/h1-11H,12H2,(H3,22,23,24). The highest BCUT2D eigenvalue weighted by atomic mass is 127. The van der Waals surface area contributed by atoms with E-state index in [2.05, 4.69) is 80.0 Å². The number of nitrogens with zero attached hydrogens (tertiary/aromatic N) is 3. The van der Waals surface area contributed by atoms with Crippen molar-refractivity contribution in [3.63, 3.8) is 0 Å². The van der Waals surface area contributed by atoms with E-state index in [0.717, 1.165) is 22.8 Å². The molecule has 5 nitrogen and oxygen atoms in total. The molecule has 0 aliphatic heterocycles. The first kappa shape index (κ1) is 16.7. The van der Waals surface area contributed by atoms with Crippen molar-refractivity contribution in [2.45, 2.75) is 6.54 Å². The zero-order valence-electron chi connectivity index (χ0n) is 13.9. The summed E-state index contributed by atoms with van der Waals surface area (Å²) < 4.78 is 3.57. The second-order valence-corrected chi connectivity index (χ2v) is 7.15. The third-order valence-corrected chi connectivity index (χ3v) is 5.54. The van der Waals surface area contributed by atoms with E-state index in [9.17, 15) is 0 Å². The monoisotopic (exact) mass is 453 g/mol. The highest BCUT2D eigenvalue weighted by molar-refractivity contribution is 14.1. The molecule has 26 heavy (non-hydrogen) atoms. The van der Waals surface area contributed by atoms with E-state index in [1.165, 1.54) is 14.7 Å². The summed E-state index contributed by atoms with van der Waals surface area (Å²) in [5.41, 5.74) is 4.28. The Hall–Kier alpha value is -2.74. The lowest BCUT2D eigenvalue weighted by Gasteiger charge is -2.09. The van der Waals surface area contributed by atoms with E-state index in [-0.39, 0.29) is 5.84 Å². The molecule has 1 aromatic heterocycles. The number of halogens is 1. The predicted octanol–water partition coefficient (Wildman–Crippen LogP) is 5.10. The Bertz CT molecular complexity index is 1160. The van der Waals surface area contributed by atoms with E-state index in [1.807, 2.05) is 24.3 Å². The van der Waals surface area contributed by atoms with Gasteiger partial charge in [-0.3, -0.25) is 5.41 Å². The average molecular weight is 453 g/mol. The summed E-state index contributed by atoms with van der Waals surface area (Å²) in [4.78, 5) is 0. The van der Waals surface area contributed by atoms with Crippen molar-refractivity contribution in [3.8, 4) is 0 Å². The van der Waals surface area contributed by atoms with Gasteiger partial charge in [-0.25, -0.2) is 0 Å². The van der Waals surface area contributed by atoms with Gasteiger partial charge in [-0.05, 0) is 58.5 Å². The Balaban J connectivity index is 1.94. The fourth-order valence-electron chi connectivity index (χ4n) is 3.28. The van der Waals surface area contributed by atoms with Crippen LogP contribution < -0.4 is 5.84 Å². The van der Waals surface area contributed by atoms with Crippen LogP contribution in [0.2, 0.25) is 0 Å². The molecule has 0 spiro atoms. The van der Waals surface area contributed by atoms with Gasteiger partial charge in [-0.1, -0.05) is 41.6 Å². The number of nitrogens with one attached hydrogen (secondary N) is 1. The third kappa shape index (κ3) is 2.86. The van der Waals surface area contributed by atoms with Crippen LogP contribution in [-0.2, 0) is 6.54 Å². The molecule has 0 fully saturated rings. The van der Waals surface area contributed by atoms with Crippen LogP contribution in [0.1, 0.15) is 11.1 Å². The SMILES string of the molecule is N=C(N=NN)c1ccc2c(c1)c1ccccc1n2Cc1ccccc1I. The summed E-state index contributed by atoms with van der Waals surface area (Å²) in [5, 5.41) is 17.1. The lowest BCUT2D eigenvalue weighted by atomic mass is 10.1. The van der Waals surface area contributed by atoms with Crippen LogP contribution in [0.3, 0.4) is 0 Å². The van der Waals surface area contributed by atoms with Crippen LogP contribution in [0.5, 0.6) is 0 Å². The van der Waals surface area contributed by atoms with Crippen LogP contribution >= 0.6 is 22.6 Å². The molecule has 0 bridgehead atoms. The molecule has 0 saturated heterocycles. The zero-order valence-corrected chi connectivity index (χ0v) is 16.0. The number of hydrogen-bond acceptors (Lipinski definition) is 2. The molecule has 3 N–H and O–H groups in total. The summed E-state index contributed by atoms with van der Waals surface area (Å²) in [5.74, 6) is 5.15. The number of nitrogens with two attached hydrogens (primary N) is 1. The molecule has 0 radical (unpaired) electrons. The maximum Gasteiger partial charge on any atom is 0.176 e. The molecule has 0 atom stereocenters. The summed E-state index contributed by atoms with van der Waals surface area (Å²) in [6, 6.07) is 22.7. The van der Waals surface area contributed by atoms with Gasteiger partial charge in [-0.15, -0.1) is 5.11 Å². The van der Waals surface area contributed by atoms with E-state index >= 15 is 0 Å². The number of aromatic nitrogens is 1. The average Bonchev–Trinajstić information content (AvgIpc) is 2.97. The molecule has 0 aliphatic rings. The maximum absolute atomic E-state index is 7.98. The Morgan fingerprint density at radius 3 is 2.50 bits per heavy atom. The fraction of sp³-hybridized carbons (Fsp3) is 0.0500. The summed E-state index contributed by atoms with van der Waals surface area (Å²) >= 11 is 2.38. The van der Waals surface area contributed by atoms with Gasteiger partial charge in [0.1, 0.15) is 0 Å². The molecule has 0 amide bonds. The highest BCUT2D eigenvalue weighted by Gasteiger charge is 2.13. The van der Waals surface area contributed by atoms with Crippen LogP contribution in [-0.4, -0.2) is 10.4 Å². The molecular weight excluding hydrogens is 437 g/mol. The second-order valence-electron chi connectivity index (χ2n) is 5.99. The molecule has 128 valence electrons. The topological polar surface area (TPSA) is 79.5 Å². The van der Waals surface area contributed by atoms with Crippen molar-refractivity contribution in [1.82, 2.24) is 4.57 Å². The van der Waals surface area contributed by atoms with Crippen molar-refractivity contribution in [2.75, 3.05) is 0 Å². The maximum atomic E-state index is 7.98. The van der Waals surface area contributed by atoms with Gasteiger partial charge in [0, 0.05) is 37.5 Å². The third-order valence-electron chi connectivity index (χ3n) is 4.49. The molecule has 4 aromatic rings. The molecule has 0 aliphatic carbocycles. The van der Waals surface area contributed by atoms with Crippen molar-refractivity contribution >= 4 is 50.2 Å². The smallest absolute Gasteiger partial charge is 0.176 e. The summed E-state index contributed by atoms with van der Waals surface area (Å²) in [7, 11) is 0. The number of rotatable bonds is 3. The number of para-hydroxylation sites is 1. The van der Waals surface area contributed by atoms with Crippen molar-refractivity contribution < 1.29 is 0 Å². The Labute approximate surface area is 164 Å². The minimum Gasteiger partial charge on any atom is -0.336 e. The van der Waals surface area contributed by atoms with Crippen LogP contribution in [0.15, 0.2) is 77.1 Å².